The summed E-state index contributed by atoms with van der Waals surface area (Å²) in [6, 6.07) is 4.45. The van der Waals surface area contributed by atoms with Gasteiger partial charge < -0.3 is 23.7 Å². The molecule has 2 unspecified atom stereocenters. The van der Waals surface area contributed by atoms with Crippen LogP contribution in [-0.4, -0.2) is 57.7 Å². The predicted molar refractivity (Wildman–Crippen MR) is 73.0 cm³/mol. The molecule has 2 heterocycles. The molecule has 118 valence electrons. The van der Waals surface area contributed by atoms with Gasteiger partial charge in [-0.1, -0.05) is 0 Å². The van der Waals surface area contributed by atoms with Gasteiger partial charge in [-0.2, -0.15) is 0 Å². The SMILES string of the molecule is COc1cc(C(=O)OCC2CO2)ccc1C(=O)OCC1CO1. The summed E-state index contributed by atoms with van der Waals surface area (Å²) < 4.78 is 25.3. The van der Waals surface area contributed by atoms with Gasteiger partial charge in [-0.3, -0.25) is 0 Å². The van der Waals surface area contributed by atoms with Crippen molar-refractivity contribution in [3.63, 3.8) is 0 Å². The molecule has 7 nitrogen and oxygen atoms in total. The van der Waals surface area contributed by atoms with Gasteiger partial charge in [0.05, 0.1) is 25.9 Å². The lowest BCUT2D eigenvalue weighted by molar-refractivity contribution is 0.0460. The van der Waals surface area contributed by atoms with Crippen molar-refractivity contribution in [3.8, 4) is 5.75 Å². The Bertz CT molecular complexity index is 575. The first-order chi connectivity index (χ1) is 10.7. The van der Waals surface area contributed by atoms with Crippen molar-refractivity contribution in [2.24, 2.45) is 0 Å². The molecule has 0 bridgehead atoms. The molecule has 7 heteroatoms. The third kappa shape index (κ3) is 3.75. The number of hydrogen-bond acceptors (Lipinski definition) is 7. The number of carbonyl (C=O) groups is 2. The third-order valence-electron chi connectivity index (χ3n) is 3.26. The molecule has 2 atom stereocenters. The molecule has 0 aliphatic carbocycles. The van der Waals surface area contributed by atoms with Crippen LogP contribution in [0.3, 0.4) is 0 Å². The highest BCUT2D eigenvalue weighted by Gasteiger charge is 2.26. The van der Waals surface area contributed by atoms with Crippen LogP contribution in [0.25, 0.3) is 0 Å². The second kappa shape index (κ2) is 6.33. The molecular formula is C15H16O7. The Morgan fingerprint density at radius 1 is 1.09 bits per heavy atom. The van der Waals surface area contributed by atoms with Crippen LogP contribution in [0.5, 0.6) is 5.75 Å². The van der Waals surface area contributed by atoms with Gasteiger partial charge in [0.25, 0.3) is 0 Å². The fourth-order valence-electron chi connectivity index (χ4n) is 1.81. The minimum Gasteiger partial charge on any atom is -0.496 e. The molecule has 0 amide bonds. The van der Waals surface area contributed by atoms with Crippen LogP contribution < -0.4 is 4.74 Å². The van der Waals surface area contributed by atoms with Crippen LogP contribution >= 0.6 is 0 Å². The van der Waals surface area contributed by atoms with Crippen LogP contribution in [0.1, 0.15) is 20.7 Å². The summed E-state index contributed by atoms with van der Waals surface area (Å²) in [5.74, 6) is -0.738. The lowest BCUT2D eigenvalue weighted by Gasteiger charge is -2.10. The van der Waals surface area contributed by atoms with Crippen molar-refractivity contribution < 1.29 is 33.3 Å². The van der Waals surface area contributed by atoms with Crippen molar-refractivity contribution in [2.75, 3.05) is 33.5 Å². The van der Waals surface area contributed by atoms with Gasteiger partial charge in [0.15, 0.2) is 0 Å². The highest BCUT2D eigenvalue weighted by Crippen LogP contribution is 2.23. The molecule has 0 aromatic heterocycles. The van der Waals surface area contributed by atoms with Crippen LogP contribution in [0, 0.1) is 0 Å². The molecule has 0 saturated carbocycles. The zero-order chi connectivity index (χ0) is 15.5. The summed E-state index contributed by atoms with van der Waals surface area (Å²) in [5, 5.41) is 0. The maximum absolute atomic E-state index is 12.0. The fraction of sp³-hybridized carbons (Fsp3) is 0.467. The van der Waals surface area contributed by atoms with Gasteiger partial charge in [0.2, 0.25) is 0 Å². The van der Waals surface area contributed by atoms with E-state index in [4.69, 9.17) is 23.7 Å². The molecule has 22 heavy (non-hydrogen) atoms. The summed E-state index contributed by atoms with van der Waals surface area (Å²) in [5.41, 5.74) is 0.560. The molecule has 2 aliphatic rings. The molecule has 0 radical (unpaired) electrons. The van der Waals surface area contributed by atoms with Gasteiger partial charge in [0, 0.05) is 0 Å². The molecule has 2 fully saturated rings. The zero-order valence-electron chi connectivity index (χ0n) is 12.1. The summed E-state index contributed by atoms with van der Waals surface area (Å²) in [4.78, 5) is 23.9. The van der Waals surface area contributed by atoms with Gasteiger partial charge in [-0.25, -0.2) is 9.59 Å². The van der Waals surface area contributed by atoms with E-state index in [-0.39, 0.29) is 36.7 Å². The first kappa shape index (κ1) is 14.8. The molecule has 1 aromatic carbocycles. The van der Waals surface area contributed by atoms with Gasteiger partial charge in [-0.15, -0.1) is 0 Å². The number of hydrogen-bond donors (Lipinski definition) is 0. The average molecular weight is 308 g/mol. The minimum atomic E-state index is -0.515. The topological polar surface area (TPSA) is 86.9 Å². The Morgan fingerprint density at radius 3 is 2.23 bits per heavy atom. The Kier molecular flexibility index (Phi) is 4.26. The maximum Gasteiger partial charge on any atom is 0.342 e. The minimum absolute atomic E-state index is 0.00439. The van der Waals surface area contributed by atoms with Crippen LogP contribution in [0.15, 0.2) is 18.2 Å². The number of epoxide rings is 2. The Morgan fingerprint density at radius 2 is 1.68 bits per heavy atom. The number of rotatable bonds is 7. The van der Waals surface area contributed by atoms with E-state index in [1.165, 1.54) is 25.3 Å². The van der Waals surface area contributed by atoms with E-state index in [1.807, 2.05) is 0 Å². The highest BCUT2D eigenvalue weighted by atomic mass is 16.6. The van der Waals surface area contributed by atoms with E-state index in [2.05, 4.69) is 0 Å². The van der Waals surface area contributed by atoms with E-state index in [1.54, 1.807) is 0 Å². The number of methoxy groups -OCH3 is 1. The number of esters is 2. The van der Waals surface area contributed by atoms with E-state index < -0.39 is 11.9 Å². The van der Waals surface area contributed by atoms with Crippen molar-refractivity contribution in [3.05, 3.63) is 29.3 Å². The molecular weight excluding hydrogens is 292 g/mol. The van der Waals surface area contributed by atoms with E-state index in [0.29, 0.717) is 18.8 Å². The lowest BCUT2D eigenvalue weighted by atomic mass is 10.1. The number of ether oxygens (including phenoxy) is 5. The Balaban J connectivity index is 1.65. The summed E-state index contributed by atoms with van der Waals surface area (Å²) in [6.07, 6.45) is -0.00132. The number of carbonyl (C=O) groups excluding carboxylic acids is 2. The first-order valence-electron chi connectivity index (χ1n) is 6.93. The van der Waals surface area contributed by atoms with Crippen LogP contribution in [0.2, 0.25) is 0 Å². The second-order valence-corrected chi connectivity index (χ2v) is 5.02. The van der Waals surface area contributed by atoms with Crippen LogP contribution in [-0.2, 0) is 18.9 Å². The Hall–Kier alpha value is -2.12. The maximum atomic E-state index is 12.0. The smallest absolute Gasteiger partial charge is 0.342 e. The quantitative estimate of drug-likeness (QED) is 0.544. The van der Waals surface area contributed by atoms with E-state index >= 15 is 0 Å². The molecule has 2 saturated heterocycles. The van der Waals surface area contributed by atoms with Gasteiger partial charge in [-0.05, 0) is 18.2 Å². The largest absolute Gasteiger partial charge is 0.496 e. The van der Waals surface area contributed by atoms with E-state index in [9.17, 15) is 9.59 Å². The molecule has 2 aliphatic heterocycles. The first-order valence-corrected chi connectivity index (χ1v) is 6.93. The normalized spacial score (nSPS) is 21.9. The lowest BCUT2D eigenvalue weighted by Crippen LogP contribution is -2.13. The highest BCUT2D eigenvalue weighted by molar-refractivity contribution is 5.96. The summed E-state index contributed by atoms with van der Waals surface area (Å²) in [6.45, 7) is 1.67. The van der Waals surface area contributed by atoms with Crippen molar-refractivity contribution in [1.82, 2.24) is 0 Å². The average Bonchev–Trinajstić information content (AvgIpc) is 3.43. The van der Waals surface area contributed by atoms with Crippen molar-refractivity contribution in [2.45, 2.75) is 12.2 Å². The van der Waals surface area contributed by atoms with E-state index in [0.717, 1.165) is 0 Å². The summed E-state index contributed by atoms with van der Waals surface area (Å²) >= 11 is 0. The standard InChI is InChI=1S/C15H16O7/c1-18-13-4-9(14(16)21-7-10-5-19-10)2-3-12(13)15(17)22-8-11-6-20-11/h2-4,10-11H,5-8H2,1H3. The fourth-order valence-corrected chi connectivity index (χ4v) is 1.81. The van der Waals surface area contributed by atoms with Crippen LogP contribution in [0.4, 0.5) is 0 Å². The number of benzene rings is 1. The molecule has 1 aromatic rings. The van der Waals surface area contributed by atoms with Crippen molar-refractivity contribution in [1.29, 1.82) is 0 Å². The van der Waals surface area contributed by atoms with Gasteiger partial charge in [0.1, 0.15) is 36.7 Å². The molecule has 0 N–H and O–H groups in total. The predicted octanol–water partition coefficient (Wildman–Crippen LogP) is 0.806. The monoisotopic (exact) mass is 308 g/mol. The second-order valence-electron chi connectivity index (χ2n) is 5.02. The molecule has 0 spiro atoms. The zero-order valence-corrected chi connectivity index (χ0v) is 12.1. The summed E-state index contributed by atoms with van der Waals surface area (Å²) in [7, 11) is 1.42. The molecule has 3 rings (SSSR count). The van der Waals surface area contributed by atoms with Crippen molar-refractivity contribution >= 4 is 11.9 Å². The Labute approximate surface area is 127 Å². The third-order valence-corrected chi connectivity index (χ3v) is 3.26. The van der Waals surface area contributed by atoms with Gasteiger partial charge >= 0.3 is 11.9 Å².